The molecule has 1 aliphatic heterocycles. The maximum Gasteiger partial charge on any atom is 0.261 e. The van der Waals surface area contributed by atoms with Crippen LogP contribution in [0, 0.1) is 6.92 Å². The SMILES string of the molecule is Cc1ccc(C(CNC(=O)c2cccs2)N2CCCC2)cc1. The molecular formula is C18H22N2OS. The molecule has 0 spiro atoms. The molecule has 0 radical (unpaired) electrons. The summed E-state index contributed by atoms with van der Waals surface area (Å²) in [5, 5.41) is 5.04. The fourth-order valence-electron chi connectivity index (χ4n) is 2.98. The summed E-state index contributed by atoms with van der Waals surface area (Å²) < 4.78 is 0. The average molecular weight is 314 g/mol. The van der Waals surface area contributed by atoms with Crippen molar-refractivity contribution in [3.63, 3.8) is 0 Å². The minimum Gasteiger partial charge on any atom is -0.349 e. The van der Waals surface area contributed by atoms with Gasteiger partial charge in [-0.3, -0.25) is 9.69 Å². The van der Waals surface area contributed by atoms with Crippen LogP contribution in [0.25, 0.3) is 0 Å². The van der Waals surface area contributed by atoms with E-state index < -0.39 is 0 Å². The lowest BCUT2D eigenvalue weighted by Crippen LogP contribution is -2.36. The zero-order chi connectivity index (χ0) is 15.4. The molecule has 1 saturated heterocycles. The molecule has 1 amide bonds. The van der Waals surface area contributed by atoms with E-state index in [1.54, 1.807) is 0 Å². The predicted octanol–water partition coefficient (Wildman–Crippen LogP) is 3.62. The number of carbonyl (C=O) groups is 1. The molecule has 3 nitrogen and oxygen atoms in total. The Balaban J connectivity index is 1.71. The highest BCUT2D eigenvalue weighted by molar-refractivity contribution is 7.12. The highest BCUT2D eigenvalue weighted by Crippen LogP contribution is 2.25. The Bertz CT molecular complexity index is 601. The Morgan fingerprint density at radius 2 is 1.95 bits per heavy atom. The molecule has 1 unspecified atom stereocenters. The summed E-state index contributed by atoms with van der Waals surface area (Å²) in [6.07, 6.45) is 2.50. The number of carbonyl (C=O) groups excluding carboxylic acids is 1. The number of nitrogens with zero attached hydrogens (tertiary/aromatic N) is 1. The standard InChI is InChI=1S/C18H22N2OS/c1-14-6-8-15(9-7-14)16(20-10-2-3-11-20)13-19-18(21)17-5-4-12-22-17/h4-9,12,16H,2-3,10-11,13H2,1H3,(H,19,21). The molecule has 1 aliphatic rings. The largest absolute Gasteiger partial charge is 0.349 e. The first kappa shape index (κ1) is 15.3. The number of likely N-dealkylation sites (tertiary alicyclic amines) is 1. The van der Waals surface area contributed by atoms with Crippen LogP contribution in [0.15, 0.2) is 41.8 Å². The molecule has 4 heteroatoms. The van der Waals surface area contributed by atoms with Crippen LogP contribution in [0.3, 0.4) is 0 Å². The number of hydrogen-bond acceptors (Lipinski definition) is 3. The van der Waals surface area contributed by atoms with Crippen LogP contribution in [-0.4, -0.2) is 30.4 Å². The summed E-state index contributed by atoms with van der Waals surface area (Å²) in [7, 11) is 0. The first-order chi connectivity index (χ1) is 10.7. The monoisotopic (exact) mass is 314 g/mol. The van der Waals surface area contributed by atoms with Gasteiger partial charge in [0.2, 0.25) is 0 Å². The molecule has 116 valence electrons. The summed E-state index contributed by atoms with van der Waals surface area (Å²) in [5.41, 5.74) is 2.56. The minimum absolute atomic E-state index is 0.0336. The van der Waals surface area contributed by atoms with E-state index in [9.17, 15) is 4.79 Å². The Hall–Kier alpha value is -1.65. The Labute approximate surface area is 136 Å². The summed E-state index contributed by atoms with van der Waals surface area (Å²) >= 11 is 1.49. The highest BCUT2D eigenvalue weighted by Gasteiger charge is 2.24. The number of benzene rings is 1. The fourth-order valence-corrected chi connectivity index (χ4v) is 3.62. The normalized spacial score (nSPS) is 16.6. The third-order valence-corrected chi connectivity index (χ3v) is 5.11. The second kappa shape index (κ2) is 7.07. The van der Waals surface area contributed by atoms with Gasteiger partial charge in [0.05, 0.1) is 10.9 Å². The van der Waals surface area contributed by atoms with Crippen LogP contribution in [0.5, 0.6) is 0 Å². The fraction of sp³-hybridized carbons (Fsp3) is 0.389. The molecule has 3 rings (SSSR count). The molecule has 1 N–H and O–H groups in total. The van der Waals surface area contributed by atoms with Crippen molar-refractivity contribution in [3.05, 3.63) is 57.8 Å². The second-order valence-corrected chi connectivity index (χ2v) is 6.80. The Morgan fingerprint density at radius 1 is 1.23 bits per heavy atom. The van der Waals surface area contributed by atoms with E-state index in [0.29, 0.717) is 6.54 Å². The van der Waals surface area contributed by atoms with Gasteiger partial charge < -0.3 is 5.32 Å². The Morgan fingerprint density at radius 3 is 2.59 bits per heavy atom. The third-order valence-electron chi connectivity index (χ3n) is 4.24. The number of amides is 1. The molecule has 2 heterocycles. The lowest BCUT2D eigenvalue weighted by molar-refractivity contribution is 0.0942. The molecule has 1 aromatic carbocycles. The van der Waals surface area contributed by atoms with Crippen molar-refractivity contribution in [1.82, 2.24) is 10.2 Å². The van der Waals surface area contributed by atoms with Crippen molar-refractivity contribution in [2.75, 3.05) is 19.6 Å². The quantitative estimate of drug-likeness (QED) is 0.914. The molecule has 0 saturated carbocycles. The lowest BCUT2D eigenvalue weighted by atomic mass is 10.0. The van der Waals surface area contributed by atoms with Gasteiger partial charge in [-0.05, 0) is 49.9 Å². The van der Waals surface area contributed by atoms with E-state index in [1.807, 2.05) is 17.5 Å². The van der Waals surface area contributed by atoms with Crippen molar-refractivity contribution in [2.24, 2.45) is 0 Å². The van der Waals surface area contributed by atoms with Gasteiger partial charge in [0.15, 0.2) is 0 Å². The average Bonchev–Trinajstić information content (AvgIpc) is 3.22. The molecule has 0 aliphatic carbocycles. The van der Waals surface area contributed by atoms with Gasteiger partial charge >= 0.3 is 0 Å². The van der Waals surface area contributed by atoms with Gasteiger partial charge in [-0.15, -0.1) is 11.3 Å². The van der Waals surface area contributed by atoms with Crippen molar-refractivity contribution >= 4 is 17.2 Å². The van der Waals surface area contributed by atoms with Gasteiger partial charge in [-0.2, -0.15) is 0 Å². The first-order valence-electron chi connectivity index (χ1n) is 7.86. The van der Waals surface area contributed by atoms with E-state index in [1.165, 1.54) is 35.3 Å². The van der Waals surface area contributed by atoms with Crippen LogP contribution in [-0.2, 0) is 0 Å². The number of aryl methyl sites for hydroxylation is 1. The first-order valence-corrected chi connectivity index (χ1v) is 8.74. The number of rotatable bonds is 5. The third kappa shape index (κ3) is 3.57. The van der Waals surface area contributed by atoms with E-state index in [-0.39, 0.29) is 11.9 Å². The minimum atomic E-state index is 0.0336. The summed E-state index contributed by atoms with van der Waals surface area (Å²) in [6, 6.07) is 12.7. The molecule has 0 bridgehead atoms. The number of thiophene rings is 1. The zero-order valence-electron chi connectivity index (χ0n) is 12.9. The van der Waals surface area contributed by atoms with E-state index >= 15 is 0 Å². The molecule has 2 aromatic rings. The molecule has 1 fully saturated rings. The van der Waals surface area contributed by atoms with Gasteiger partial charge in [0, 0.05) is 6.54 Å². The molecular weight excluding hydrogens is 292 g/mol. The highest BCUT2D eigenvalue weighted by atomic mass is 32.1. The van der Waals surface area contributed by atoms with E-state index in [2.05, 4.69) is 41.4 Å². The van der Waals surface area contributed by atoms with Gasteiger partial charge in [0.25, 0.3) is 5.91 Å². The van der Waals surface area contributed by atoms with E-state index in [0.717, 1.165) is 18.0 Å². The number of hydrogen-bond donors (Lipinski definition) is 1. The van der Waals surface area contributed by atoms with Crippen LogP contribution in [0.1, 0.15) is 39.7 Å². The molecule has 1 atom stereocenters. The topological polar surface area (TPSA) is 32.3 Å². The van der Waals surface area contributed by atoms with Gasteiger partial charge in [-0.25, -0.2) is 0 Å². The summed E-state index contributed by atoms with van der Waals surface area (Å²) in [6.45, 7) is 5.01. The van der Waals surface area contributed by atoms with Gasteiger partial charge in [-0.1, -0.05) is 35.9 Å². The molecule has 1 aromatic heterocycles. The molecule has 22 heavy (non-hydrogen) atoms. The van der Waals surface area contributed by atoms with Crippen LogP contribution in [0.4, 0.5) is 0 Å². The smallest absolute Gasteiger partial charge is 0.261 e. The maximum absolute atomic E-state index is 12.2. The maximum atomic E-state index is 12.2. The van der Waals surface area contributed by atoms with Crippen molar-refractivity contribution in [3.8, 4) is 0 Å². The number of nitrogens with one attached hydrogen (secondary N) is 1. The van der Waals surface area contributed by atoms with Crippen LogP contribution < -0.4 is 5.32 Å². The zero-order valence-corrected chi connectivity index (χ0v) is 13.7. The predicted molar refractivity (Wildman–Crippen MR) is 91.4 cm³/mol. The second-order valence-electron chi connectivity index (χ2n) is 5.86. The van der Waals surface area contributed by atoms with Crippen LogP contribution >= 0.6 is 11.3 Å². The Kier molecular flexibility index (Phi) is 4.90. The van der Waals surface area contributed by atoms with Gasteiger partial charge in [0.1, 0.15) is 0 Å². The van der Waals surface area contributed by atoms with Crippen LogP contribution in [0.2, 0.25) is 0 Å². The van der Waals surface area contributed by atoms with Crippen molar-refractivity contribution in [1.29, 1.82) is 0 Å². The van der Waals surface area contributed by atoms with Crippen molar-refractivity contribution < 1.29 is 4.79 Å². The van der Waals surface area contributed by atoms with E-state index in [4.69, 9.17) is 0 Å². The summed E-state index contributed by atoms with van der Waals surface area (Å²) in [4.78, 5) is 15.5. The summed E-state index contributed by atoms with van der Waals surface area (Å²) in [5.74, 6) is 0.0336. The van der Waals surface area contributed by atoms with Crippen molar-refractivity contribution in [2.45, 2.75) is 25.8 Å². The lowest BCUT2D eigenvalue weighted by Gasteiger charge is -2.28.